The summed E-state index contributed by atoms with van der Waals surface area (Å²) in [6.07, 6.45) is 0.763. The molecule has 26 nitrogen and oxygen atoms in total. The molecule has 0 spiro atoms. The lowest BCUT2D eigenvalue weighted by Crippen LogP contribution is -2.24. The second kappa shape index (κ2) is 52.2. The third kappa shape index (κ3) is 41.8. The number of nitriles is 3. The standard InChI is InChI=1S/C21H17ClFN3O.C13H14FNO2.C12H14FIO2.C12H14FNO4.C12H16FNO2.C11H12ClN3.C9H6FNO2.C6H4FNO2/c1-14-9-19(26(25-14)18-4-2-3-17(22)12-18)7-8-20(27)10-15-5-6-16(13-24)21(23)11-15;1-13(2,3)17-12(16)7-9-4-5-10(8-15)11(14)6-9;1-12(2,3)16-11(15)7-8-4-5-10(14)9(13)6-8;1-12(2,3)18-11(15)7-8-4-5-10(14(16)17)9(13)6-8;1-12(2,3)16-11(15)7-8-4-5-10(14)9(13)6-8;1-8-5-11(7-13)15(14-8)10-4-2-3-9(12)6-10;10-8-3-6(4-9(12)13)1-2-7(8)5-11;7-5-3-1-2-4-6(5)8(9)10/h2-6,9,11-12H,7-8,10H2,1H3;4-6H,7H2,1-3H3;4-6H,7H2,1-3H3;4-6H,7H2,1-3H3;4-6H,7,14H2,1-3H3;2-6H,7,13H2,1H3;1-3H,4H2,(H,12,13);1-4H. The molecule has 2 aromatic heterocycles. The van der Waals surface area contributed by atoms with Gasteiger partial charge >= 0.3 is 41.2 Å². The predicted octanol–water partition coefficient (Wildman–Crippen LogP) is 20.7. The molecule has 2 heterocycles. The van der Waals surface area contributed by atoms with E-state index in [0.29, 0.717) is 66.4 Å². The predicted molar refractivity (Wildman–Crippen MR) is 490 cm³/mol. The zero-order valence-corrected chi connectivity index (χ0v) is 78.1. The molecule has 0 unspecified atom stereocenters. The van der Waals surface area contributed by atoms with Crippen LogP contribution < -0.4 is 11.5 Å². The molecule has 11 aromatic rings. The lowest BCUT2D eigenvalue weighted by molar-refractivity contribution is -0.387. The van der Waals surface area contributed by atoms with Gasteiger partial charge in [0.15, 0.2) is 0 Å². The molecule has 0 radical (unpaired) electrons. The maximum Gasteiger partial charge on any atom is 0.310 e. The van der Waals surface area contributed by atoms with E-state index in [2.05, 4.69) is 10.2 Å². The number of aromatic nitrogens is 4. The number of ether oxygens (including phenoxy) is 4. The van der Waals surface area contributed by atoms with Gasteiger partial charge in [-0.25, -0.2) is 31.3 Å². The molecule has 0 saturated carbocycles. The summed E-state index contributed by atoms with van der Waals surface area (Å²) in [6.45, 7) is 25.6. The van der Waals surface area contributed by atoms with E-state index in [1.54, 1.807) is 142 Å². The van der Waals surface area contributed by atoms with Crippen LogP contribution in [-0.2, 0) is 99.2 Å². The van der Waals surface area contributed by atoms with Crippen molar-refractivity contribution in [1.82, 2.24) is 19.6 Å². The molecule has 0 aliphatic carbocycles. The largest absolute Gasteiger partial charge is 0.481 e. The number of hydrogen-bond donors (Lipinski definition) is 3. The topological polar surface area (TPSA) is 405 Å². The number of carbonyl (C=O) groups is 6. The average molecular weight is 1980 g/mol. The fourth-order valence-electron chi connectivity index (χ4n) is 11.0. The van der Waals surface area contributed by atoms with Crippen molar-refractivity contribution in [2.24, 2.45) is 5.73 Å². The molecule has 0 saturated heterocycles. The number of halogens is 10. The molecule has 36 heteroatoms. The van der Waals surface area contributed by atoms with Crippen LogP contribution in [0.25, 0.3) is 11.4 Å². The Morgan fingerprint density at radius 1 is 0.432 bits per heavy atom. The van der Waals surface area contributed by atoms with Gasteiger partial charge in [0.05, 0.1) is 92.8 Å². The Labute approximate surface area is 782 Å². The Hall–Kier alpha value is -13.7. The van der Waals surface area contributed by atoms with Crippen LogP contribution in [-0.4, -0.2) is 92.5 Å². The molecule has 11 rings (SSSR count). The number of esters is 4. The number of nitrogen functional groups attached to an aromatic ring is 1. The summed E-state index contributed by atoms with van der Waals surface area (Å²) < 4.78 is 116. The van der Waals surface area contributed by atoms with Crippen LogP contribution in [0.3, 0.4) is 0 Å². The number of anilines is 1. The molecule has 0 aliphatic heterocycles. The van der Waals surface area contributed by atoms with Crippen molar-refractivity contribution in [1.29, 1.82) is 15.8 Å². The molecule has 0 amide bonds. The smallest absolute Gasteiger partial charge is 0.310 e. The van der Waals surface area contributed by atoms with E-state index in [0.717, 1.165) is 64.5 Å². The van der Waals surface area contributed by atoms with E-state index in [-0.39, 0.29) is 84.4 Å². The highest BCUT2D eigenvalue weighted by Crippen LogP contribution is 2.26. The van der Waals surface area contributed by atoms with Crippen LogP contribution in [0.4, 0.5) is 47.8 Å². The summed E-state index contributed by atoms with van der Waals surface area (Å²) in [4.78, 5) is 87.3. The second-order valence-electron chi connectivity index (χ2n) is 32.5. The second-order valence-corrected chi connectivity index (χ2v) is 34.5. The molecule has 132 heavy (non-hydrogen) atoms. The van der Waals surface area contributed by atoms with Crippen LogP contribution in [0.1, 0.15) is 162 Å². The molecule has 5 N–H and O–H groups in total. The summed E-state index contributed by atoms with van der Waals surface area (Å²) in [5.41, 5.74) is 16.1. The minimum absolute atomic E-state index is 0.000101. The van der Waals surface area contributed by atoms with Crippen molar-refractivity contribution < 1.29 is 93.4 Å². The van der Waals surface area contributed by atoms with Gasteiger partial charge in [0, 0.05) is 50.8 Å². The maximum atomic E-state index is 13.7. The summed E-state index contributed by atoms with van der Waals surface area (Å²) in [5, 5.41) is 64.7. The Balaban J connectivity index is 0.000000320. The Morgan fingerprint density at radius 2 is 0.765 bits per heavy atom. The zero-order valence-electron chi connectivity index (χ0n) is 74.5. The number of nitro groups is 2. The molecule has 696 valence electrons. The minimum atomic E-state index is -1.02. The summed E-state index contributed by atoms with van der Waals surface area (Å²) in [5.74, 6) is -7.13. The number of carboxylic acids is 1. The number of benzene rings is 9. The van der Waals surface area contributed by atoms with Gasteiger partial charge in [-0.05, 0) is 281 Å². The number of para-hydroxylation sites is 1. The van der Waals surface area contributed by atoms with Gasteiger partial charge in [0.25, 0.3) is 0 Å². The number of nitrogens with two attached hydrogens (primary N) is 2. The number of nitro benzene ring substituents is 2. The van der Waals surface area contributed by atoms with E-state index in [1.807, 2.05) is 95.7 Å². The van der Waals surface area contributed by atoms with Gasteiger partial charge in [0.1, 0.15) is 75.5 Å². The highest BCUT2D eigenvalue weighted by Gasteiger charge is 2.24. The van der Waals surface area contributed by atoms with Crippen molar-refractivity contribution in [2.45, 2.75) is 177 Å². The number of aryl methyl sites for hydroxylation is 3. The van der Waals surface area contributed by atoms with Crippen LogP contribution in [0, 0.1) is 112 Å². The first-order valence-electron chi connectivity index (χ1n) is 39.9. The highest BCUT2D eigenvalue weighted by atomic mass is 127. The maximum absolute atomic E-state index is 13.7. The van der Waals surface area contributed by atoms with Gasteiger partial charge in [-0.3, -0.25) is 49.0 Å². The molecule has 0 atom stereocenters. The SMILES string of the molecule is CC(C)(C)OC(=O)Cc1ccc(C#N)c(F)c1.CC(C)(C)OC(=O)Cc1ccc(I)c(F)c1.CC(C)(C)OC(=O)Cc1ccc(N)c(F)c1.CC(C)(C)OC(=O)Cc1ccc([N+](=O)[O-])c(F)c1.Cc1cc(CCC(=O)Cc2ccc(C#N)c(F)c2)n(-c2cccc(Cl)c2)n1.Cc1cc(CN)n(-c2cccc(Cl)c2)n1.N#Cc1ccc(CC(=O)O)cc1F.O=[N+]([O-])c1ccccc1F. The van der Waals surface area contributed by atoms with E-state index < -0.39 is 96.4 Å². The van der Waals surface area contributed by atoms with E-state index in [4.69, 9.17) is 74.5 Å². The molecule has 0 bridgehead atoms. The number of ketones is 1. The van der Waals surface area contributed by atoms with E-state index in [9.17, 15) is 79.7 Å². The molecular formula is C96H97Cl2F7IN11O15. The third-order valence-electron chi connectivity index (χ3n) is 16.4. The number of aliphatic carboxylic acids is 1. The van der Waals surface area contributed by atoms with Crippen molar-refractivity contribution in [2.75, 3.05) is 5.73 Å². The molecule has 9 aromatic carbocycles. The van der Waals surface area contributed by atoms with Gasteiger partial charge in [-0.2, -0.15) is 34.8 Å². The van der Waals surface area contributed by atoms with Gasteiger partial charge in [-0.1, -0.05) is 83.9 Å². The third-order valence-corrected chi connectivity index (χ3v) is 17.7. The first-order valence-corrected chi connectivity index (χ1v) is 41.7. The number of nitrogens with zero attached hydrogens (tertiary/aromatic N) is 9. The lowest BCUT2D eigenvalue weighted by Gasteiger charge is -2.19. The number of rotatable bonds is 20. The molecule has 0 aliphatic rings. The Bertz CT molecular complexity index is 5950. The Morgan fingerprint density at radius 3 is 1.10 bits per heavy atom. The van der Waals surface area contributed by atoms with Crippen molar-refractivity contribution in [3.63, 3.8) is 0 Å². The zero-order chi connectivity index (χ0) is 99.3. The molecular weight excluding hydrogens is 1880 g/mol. The lowest BCUT2D eigenvalue weighted by atomic mass is 10.0. The van der Waals surface area contributed by atoms with E-state index in [1.165, 1.54) is 72.8 Å². The van der Waals surface area contributed by atoms with Crippen LogP contribution in [0.5, 0.6) is 0 Å². The number of Topliss-reactive ketones (excluding diaryl/α,β-unsaturated/α-hetero) is 1. The van der Waals surface area contributed by atoms with Gasteiger partial charge in [0.2, 0.25) is 11.6 Å². The van der Waals surface area contributed by atoms with Crippen LogP contribution in [0.2, 0.25) is 10.0 Å². The van der Waals surface area contributed by atoms with Crippen molar-refractivity contribution in [3.05, 3.63) is 342 Å². The number of carbonyl (C=O) groups excluding carboxylic acids is 5. The monoisotopic (exact) mass is 1970 g/mol. The minimum Gasteiger partial charge on any atom is -0.481 e. The number of carboxylic acid groups (broad SMARTS) is 1. The van der Waals surface area contributed by atoms with Crippen LogP contribution >= 0.6 is 45.8 Å². The fourth-order valence-corrected chi connectivity index (χ4v) is 11.7. The summed E-state index contributed by atoms with van der Waals surface area (Å²) in [6, 6.07) is 53.5. The fraction of sp³-hybridized carbons (Fsp3) is 0.281. The first-order chi connectivity index (χ1) is 61.6. The average Bonchev–Trinajstić information content (AvgIpc) is 1.69. The molecule has 0 fully saturated rings. The van der Waals surface area contributed by atoms with Crippen molar-refractivity contribution >= 4 is 98.5 Å². The first kappa shape index (κ1) is 111. The van der Waals surface area contributed by atoms with Gasteiger partial charge < -0.3 is 35.5 Å². The Kier molecular flexibility index (Phi) is 43.7. The highest BCUT2D eigenvalue weighted by molar-refractivity contribution is 14.1. The van der Waals surface area contributed by atoms with Crippen molar-refractivity contribution in [3.8, 4) is 29.6 Å². The summed E-state index contributed by atoms with van der Waals surface area (Å²) in [7, 11) is 0. The van der Waals surface area contributed by atoms with Crippen LogP contribution in [0.15, 0.2) is 194 Å². The number of hydrogen-bond acceptors (Lipinski definition) is 21. The summed E-state index contributed by atoms with van der Waals surface area (Å²) >= 11 is 13.9. The normalized spacial score (nSPS) is 10.6. The van der Waals surface area contributed by atoms with Gasteiger partial charge in [-0.15, -0.1) is 0 Å². The van der Waals surface area contributed by atoms with E-state index >= 15 is 0 Å². The quantitative estimate of drug-likeness (QED) is 0.0121.